The van der Waals surface area contributed by atoms with Gasteiger partial charge >= 0.3 is 0 Å². The molecule has 0 N–H and O–H groups in total. The molecule has 0 saturated heterocycles. The molecule has 5 heteroatoms. The van der Waals surface area contributed by atoms with E-state index in [0.29, 0.717) is 16.1 Å². The first-order chi connectivity index (χ1) is 12.6. The molecule has 128 valence electrons. The maximum Gasteiger partial charge on any atom is 0.260 e. The van der Waals surface area contributed by atoms with Crippen LogP contribution in [0.25, 0.3) is 0 Å². The number of para-hydroxylation sites is 1. The number of halogens is 2. The van der Waals surface area contributed by atoms with Gasteiger partial charge in [-0.3, -0.25) is 4.79 Å². The van der Waals surface area contributed by atoms with Gasteiger partial charge in [-0.1, -0.05) is 59.6 Å². The van der Waals surface area contributed by atoms with Crippen molar-refractivity contribution in [3.8, 4) is 6.07 Å². The van der Waals surface area contributed by atoms with Crippen molar-refractivity contribution in [1.29, 1.82) is 5.26 Å². The van der Waals surface area contributed by atoms with E-state index < -0.39 is 0 Å². The third kappa shape index (κ3) is 3.88. The van der Waals surface area contributed by atoms with Gasteiger partial charge in [-0.05, 0) is 42.0 Å². The second-order valence-corrected chi connectivity index (χ2v) is 6.46. The third-order valence-corrected chi connectivity index (χ3v) is 4.49. The van der Waals surface area contributed by atoms with Crippen LogP contribution in [0.3, 0.4) is 0 Å². The number of nitrogens with zero attached hydrogens (tertiary/aromatic N) is 2. The lowest BCUT2D eigenvalue weighted by molar-refractivity contribution is 0.0985. The van der Waals surface area contributed by atoms with E-state index >= 15 is 0 Å². The summed E-state index contributed by atoms with van der Waals surface area (Å²) >= 11 is 12.2. The average molecular weight is 381 g/mol. The van der Waals surface area contributed by atoms with Crippen molar-refractivity contribution in [3.05, 3.63) is 99.5 Å². The van der Waals surface area contributed by atoms with Crippen LogP contribution in [0.1, 0.15) is 21.5 Å². The molecule has 0 spiro atoms. The number of carbonyl (C=O) groups excluding carboxylic acids is 1. The Bertz CT molecular complexity index is 981. The standard InChI is InChI=1S/C21H14Cl2N2O/c22-17-10-11-19(20(23)12-17)21(26)25(18-8-2-1-3-9-18)14-16-7-5-4-6-15(16)13-24/h1-12H,14H2. The van der Waals surface area contributed by atoms with E-state index in [0.717, 1.165) is 11.3 Å². The fourth-order valence-electron chi connectivity index (χ4n) is 2.63. The molecule has 0 fully saturated rings. The van der Waals surface area contributed by atoms with Crippen molar-refractivity contribution in [2.75, 3.05) is 4.90 Å². The van der Waals surface area contributed by atoms with Crippen molar-refractivity contribution in [1.82, 2.24) is 0 Å². The van der Waals surface area contributed by atoms with E-state index in [4.69, 9.17) is 23.2 Å². The number of carbonyl (C=O) groups is 1. The Hall–Kier alpha value is -2.80. The molecule has 0 saturated carbocycles. The average Bonchev–Trinajstić information content (AvgIpc) is 2.66. The van der Waals surface area contributed by atoms with E-state index in [9.17, 15) is 10.1 Å². The van der Waals surface area contributed by atoms with E-state index in [1.165, 1.54) is 0 Å². The van der Waals surface area contributed by atoms with Crippen LogP contribution in [-0.2, 0) is 6.54 Å². The monoisotopic (exact) mass is 380 g/mol. The zero-order valence-corrected chi connectivity index (χ0v) is 15.2. The highest BCUT2D eigenvalue weighted by Crippen LogP contribution is 2.26. The van der Waals surface area contributed by atoms with Gasteiger partial charge in [0.1, 0.15) is 0 Å². The minimum Gasteiger partial charge on any atom is -0.304 e. The second-order valence-electron chi connectivity index (χ2n) is 5.62. The summed E-state index contributed by atoms with van der Waals surface area (Å²) in [5.41, 5.74) is 2.37. The summed E-state index contributed by atoms with van der Waals surface area (Å²) < 4.78 is 0. The molecule has 3 aromatic carbocycles. The first-order valence-electron chi connectivity index (χ1n) is 7.90. The summed E-state index contributed by atoms with van der Waals surface area (Å²) in [6, 6.07) is 23.5. The Balaban J connectivity index is 2.04. The second kappa shape index (κ2) is 8.05. The Morgan fingerprint density at radius 3 is 2.35 bits per heavy atom. The SMILES string of the molecule is N#Cc1ccccc1CN(C(=O)c1ccc(Cl)cc1Cl)c1ccccc1. The van der Waals surface area contributed by atoms with Crippen molar-refractivity contribution >= 4 is 34.8 Å². The molecule has 3 rings (SSSR count). The Morgan fingerprint density at radius 2 is 1.65 bits per heavy atom. The third-order valence-electron chi connectivity index (χ3n) is 3.94. The summed E-state index contributed by atoms with van der Waals surface area (Å²) in [6.07, 6.45) is 0. The van der Waals surface area contributed by atoms with E-state index in [1.807, 2.05) is 42.5 Å². The number of anilines is 1. The lowest BCUT2D eigenvalue weighted by Gasteiger charge is -2.24. The molecular formula is C21H14Cl2N2O. The molecule has 0 bridgehead atoms. The highest BCUT2D eigenvalue weighted by atomic mass is 35.5. The minimum atomic E-state index is -0.259. The molecule has 0 unspecified atom stereocenters. The van der Waals surface area contributed by atoms with E-state index in [2.05, 4.69) is 6.07 Å². The maximum absolute atomic E-state index is 13.2. The Labute approximate surface area is 162 Å². The molecule has 3 aromatic rings. The van der Waals surface area contributed by atoms with Crippen LogP contribution in [0, 0.1) is 11.3 Å². The largest absolute Gasteiger partial charge is 0.304 e. The number of hydrogen-bond donors (Lipinski definition) is 0. The molecule has 1 amide bonds. The molecule has 0 atom stereocenters. The molecule has 0 aliphatic carbocycles. The Morgan fingerprint density at radius 1 is 0.962 bits per heavy atom. The number of hydrogen-bond acceptors (Lipinski definition) is 2. The lowest BCUT2D eigenvalue weighted by atomic mass is 10.1. The summed E-state index contributed by atoms with van der Waals surface area (Å²) in [7, 11) is 0. The van der Waals surface area contributed by atoms with Crippen molar-refractivity contribution in [2.24, 2.45) is 0 Å². The summed E-state index contributed by atoms with van der Waals surface area (Å²) in [4.78, 5) is 14.8. The molecule has 3 nitrogen and oxygen atoms in total. The van der Waals surface area contributed by atoms with Gasteiger partial charge in [0.25, 0.3) is 5.91 Å². The van der Waals surface area contributed by atoms with Gasteiger partial charge in [0.2, 0.25) is 0 Å². The van der Waals surface area contributed by atoms with Gasteiger partial charge in [0, 0.05) is 10.7 Å². The zero-order chi connectivity index (χ0) is 18.5. The molecule has 0 radical (unpaired) electrons. The van der Waals surface area contributed by atoms with Crippen molar-refractivity contribution in [3.63, 3.8) is 0 Å². The number of nitriles is 1. The van der Waals surface area contributed by atoms with Gasteiger partial charge in [0.05, 0.1) is 28.8 Å². The van der Waals surface area contributed by atoms with Crippen LogP contribution in [0.4, 0.5) is 5.69 Å². The lowest BCUT2D eigenvalue weighted by Crippen LogP contribution is -2.31. The van der Waals surface area contributed by atoms with Gasteiger partial charge in [0.15, 0.2) is 0 Å². The molecule has 0 aliphatic rings. The van der Waals surface area contributed by atoms with Gasteiger partial charge < -0.3 is 4.90 Å². The van der Waals surface area contributed by atoms with Gasteiger partial charge in [-0.15, -0.1) is 0 Å². The van der Waals surface area contributed by atoms with Gasteiger partial charge in [-0.25, -0.2) is 0 Å². The van der Waals surface area contributed by atoms with Crippen molar-refractivity contribution < 1.29 is 4.79 Å². The summed E-state index contributed by atoms with van der Waals surface area (Å²) in [5.74, 6) is -0.259. The van der Waals surface area contributed by atoms with Crippen LogP contribution in [0.2, 0.25) is 10.0 Å². The first-order valence-corrected chi connectivity index (χ1v) is 8.65. The number of rotatable bonds is 4. The van der Waals surface area contributed by atoms with Gasteiger partial charge in [-0.2, -0.15) is 5.26 Å². The predicted octanol–water partition coefficient (Wildman–Crippen LogP) is 5.71. The van der Waals surface area contributed by atoms with E-state index in [-0.39, 0.29) is 17.5 Å². The van der Waals surface area contributed by atoms with Crippen LogP contribution in [0.15, 0.2) is 72.8 Å². The summed E-state index contributed by atoms with van der Waals surface area (Å²) in [5, 5.41) is 10.1. The van der Waals surface area contributed by atoms with Crippen molar-refractivity contribution in [2.45, 2.75) is 6.54 Å². The predicted molar refractivity (Wildman–Crippen MR) is 105 cm³/mol. The molecule has 0 heterocycles. The van der Waals surface area contributed by atoms with E-state index in [1.54, 1.807) is 35.2 Å². The smallest absolute Gasteiger partial charge is 0.260 e. The first kappa shape index (κ1) is 18.0. The topological polar surface area (TPSA) is 44.1 Å². The zero-order valence-electron chi connectivity index (χ0n) is 13.7. The van der Waals surface area contributed by atoms with Crippen LogP contribution in [-0.4, -0.2) is 5.91 Å². The molecular weight excluding hydrogens is 367 g/mol. The molecule has 26 heavy (non-hydrogen) atoms. The molecule has 0 aliphatic heterocycles. The van der Waals surface area contributed by atoms with Crippen LogP contribution < -0.4 is 4.90 Å². The summed E-state index contributed by atoms with van der Waals surface area (Å²) in [6.45, 7) is 0.255. The number of amides is 1. The maximum atomic E-state index is 13.2. The fraction of sp³-hybridized carbons (Fsp3) is 0.0476. The highest BCUT2D eigenvalue weighted by Gasteiger charge is 2.21. The highest BCUT2D eigenvalue weighted by molar-refractivity contribution is 6.37. The van der Waals surface area contributed by atoms with Crippen LogP contribution >= 0.6 is 23.2 Å². The number of benzene rings is 3. The quantitative estimate of drug-likeness (QED) is 0.581. The Kier molecular flexibility index (Phi) is 5.58. The minimum absolute atomic E-state index is 0.255. The molecule has 0 aromatic heterocycles. The fourth-order valence-corrected chi connectivity index (χ4v) is 3.12. The normalized spacial score (nSPS) is 10.2. The van der Waals surface area contributed by atoms with Crippen LogP contribution in [0.5, 0.6) is 0 Å².